The second-order valence-corrected chi connectivity index (χ2v) is 11.0. The molecule has 0 fully saturated rings. The van der Waals surface area contributed by atoms with Gasteiger partial charge in [-0.25, -0.2) is 8.42 Å². The monoisotopic (exact) mass is 498 g/mol. The number of halogens is 3. The van der Waals surface area contributed by atoms with Gasteiger partial charge in [0.25, 0.3) is 10.0 Å². The molecule has 5 rings (SSSR count). The Hall–Kier alpha value is -3.26. The summed E-state index contributed by atoms with van der Waals surface area (Å²) in [6, 6.07) is 15.4. The Morgan fingerprint density at radius 3 is 2.37 bits per heavy atom. The van der Waals surface area contributed by atoms with Crippen molar-refractivity contribution in [1.82, 2.24) is 0 Å². The van der Waals surface area contributed by atoms with Crippen LogP contribution >= 0.6 is 0 Å². The Kier molecular flexibility index (Phi) is 5.67. The van der Waals surface area contributed by atoms with Crippen LogP contribution in [0.15, 0.2) is 77.7 Å². The lowest BCUT2D eigenvalue weighted by Crippen LogP contribution is -2.31. The third-order valence-electron chi connectivity index (χ3n) is 6.72. The number of allylic oxidation sites excluding steroid dienone is 2. The normalized spacial score (nSPS) is 21.2. The summed E-state index contributed by atoms with van der Waals surface area (Å²) in [6.45, 7) is 3.80. The summed E-state index contributed by atoms with van der Waals surface area (Å²) in [6.07, 6.45) is 0.0785. The molecule has 0 unspecified atom stereocenters. The van der Waals surface area contributed by atoms with Gasteiger partial charge in [-0.1, -0.05) is 36.4 Å². The molecular weight excluding hydrogens is 473 g/mol. The first-order chi connectivity index (χ1) is 16.5. The SMILES string of the molecule is Cc1cc(C)cc(NS(=O)(=O)c2ccc3c(c2)[C@H]2C=CC[C@H]2[C@@H](c2ccccc2C(F)(F)F)N3)c1. The molecule has 1 aliphatic carbocycles. The van der Waals surface area contributed by atoms with E-state index in [2.05, 4.69) is 10.0 Å². The third kappa shape index (κ3) is 4.43. The van der Waals surface area contributed by atoms with Crippen LogP contribution in [0.1, 0.15) is 46.2 Å². The van der Waals surface area contributed by atoms with Crippen molar-refractivity contribution in [3.05, 3.63) is 101 Å². The van der Waals surface area contributed by atoms with E-state index in [-0.39, 0.29) is 22.3 Å². The topological polar surface area (TPSA) is 58.2 Å². The van der Waals surface area contributed by atoms with Gasteiger partial charge in [0.05, 0.1) is 16.5 Å². The number of hydrogen-bond donors (Lipinski definition) is 2. The Balaban J connectivity index is 1.51. The maximum Gasteiger partial charge on any atom is 0.416 e. The number of sulfonamides is 1. The Labute approximate surface area is 202 Å². The van der Waals surface area contributed by atoms with Gasteiger partial charge in [0, 0.05) is 17.3 Å². The number of anilines is 2. The number of nitrogens with one attached hydrogen (secondary N) is 2. The van der Waals surface area contributed by atoms with E-state index in [9.17, 15) is 21.6 Å². The molecular formula is C27H25F3N2O2S. The van der Waals surface area contributed by atoms with Crippen LogP contribution in [0, 0.1) is 19.8 Å². The first-order valence-corrected chi connectivity index (χ1v) is 12.9. The highest BCUT2D eigenvalue weighted by molar-refractivity contribution is 7.92. The number of aryl methyl sites for hydroxylation is 2. The van der Waals surface area contributed by atoms with Crippen molar-refractivity contribution in [1.29, 1.82) is 0 Å². The average Bonchev–Trinajstić information content (AvgIpc) is 3.27. The molecule has 3 atom stereocenters. The summed E-state index contributed by atoms with van der Waals surface area (Å²) >= 11 is 0. The largest absolute Gasteiger partial charge is 0.416 e. The maximum absolute atomic E-state index is 13.7. The van der Waals surface area contributed by atoms with E-state index < -0.39 is 27.8 Å². The highest BCUT2D eigenvalue weighted by atomic mass is 32.2. The van der Waals surface area contributed by atoms with Gasteiger partial charge in [-0.2, -0.15) is 13.2 Å². The van der Waals surface area contributed by atoms with Crippen molar-refractivity contribution in [3.8, 4) is 0 Å². The molecule has 4 nitrogen and oxygen atoms in total. The first kappa shape index (κ1) is 23.5. The molecule has 0 amide bonds. The first-order valence-electron chi connectivity index (χ1n) is 11.4. The van der Waals surface area contributed by atoms with Gasteiger partial charge in [0.1, 0.15) is 0 Å². The van der Waals surface area contributed by atoms with Crippen molar-refractivity contribution in [2.75, 3.05) is 10.0 Å². The minimum atomic E-state index is -4.46. The summed E-state index contributed by atoms with van der Waals surface area (Å²) in [5.41, 5.74) is 3.35. The molecule has 0 radical (unpaired) electrons. The molecule has 182 valence electrons. The standard InChI is InChI=1S/C27H25F3N2O2S/c1-16-12-17(2)14-18(13-16)32-35(33,34)19-10-11-25-23(15-19)20-7-5-8-21(20)26(31-25)22-6-3-4-9-24(22)27(28,29)30/h3-7,9-15,20-21,26,31-32H,8H2,1-2H3/t20-,21+,26-/m0/s1. The number of hydrogen-bond acceptors (Lipinski definition) is 3. The number of fused-ring (bicyclic) bond motifs is 3. The number of alkyl halides is 3. The van der Waals surface area contributed by atoms with Crippen LogP contribution in [0.2, 0.25) is 0 Å². The Morgan fingerprint density at radius 1 is 0.943 bits per heavy atom. The van der Waals surface area contributed by atoms with Crippen molar-refractivity contribution in [2.45, 2.75) is 43.3 Å². The van der Waals surface area contributed by atoms with Crippen LogP contribution in [-0.4, -0.2) is 8.42 Å². The van der Waals surface area contributed by atoms with Gasteiger partial charge in [-0.05, 0) is 84.8 Å². The number of rotatable bonds is 4. The van der Waals surface area contributed by atoms with Gasteiger partial charge in [0.2, 0.25) is 0 Å². The molecule has 0 aromatic heterocycles. The predicted molar refractivity (Wildman–Crippen MR) is 131 cm³/mol. The van der Waals surface area contributed by atoms with Gasteiger partial charge >= 0.3 is 6.18 Å². The average molecular weight is 499 g/mol. The summed E-state index contributed by atoms with van der Waals surface area (Å²) < 4.78 is 70.2. The van der Waals surface area contributed by atoms with Crippen LogP contribution in [0.4, 0.5) is 24.5 Å². The number of benzene rings is 3. The fourth-order valence-corrected chi connectivity index (χ4v) is 6.40. The van der Waals surface area contributed by atoms with E-state index >= 15 is 0 Å². The van der Waals surface area contributed by atoms with E-state index in [0.29, 0.717) is 17.8 Å². The fourth-order valence-electron chi connectivity index (χ4n) is 5.32. The predicted octanol–water partition coefficient (Wildman–Crippen LogP) is 6.95. The zero-order valence-electron chi connectivity index (χ0n) is 19.2. The van der Waals surface area contributed by atoms with Crippen molar-refractivity contribution < 1.29 is 21.6 Å². The van der Waals surface area contributed by atoms with E-state index in [1.54, 1.807) is 30.3 Å². The van der Waals surface area contributed by atoms with Gasteiger partial charge in [-0.15, -0.1) is 0 Å². The van der Waals surface area contributed by atoms with E-state index in [0.717, 1.165) is 22.8 Å². The lowest BCUT2D eigenvalue weighted by atomic mass is 9.76. The summed E-state index contributed by atoms with van der Waals surface area (Å²) in [5.74, 6) is -0.342. The Bertz CT molecular complexity index is 1410. The molecule has 8 heteroatoms. The van der Waals surface area contributed by atoms with Gasteiger partial charge in [-0.3, -0.25) is 4.72 Å². The smallest absolute Gasteiger partial charge is 0.378 e. The van der Waals surface area contributed by atoms with Gasteiger partial charge in [0.15, 0.2) is 0 Å². The minimum absolute atomic E-state index is 0.116. The fraction of sp³-hybridized carbons (Fsp3) is 0.259. The van der Waals surface area contributed by atoms with Crippen molar-refractivity contribution in [2.24, 2.45) is 5.92 Å². The van der Waals surface area contributed by atoms with E-state index in [1.165, 1.54) is 18.2 Å². The summed E-state index contributed by atoms with van der Waals surface area (Å²) in [4.78, 5) is 0.116. The molecule has 0 saturated carbocycles. The van der Waals surface area contributed by atoms with Crippen LogP contribution in [0.5, 0.6) is 0 Å². The lowest BCUT2D eigenvalue weighted by molar-refractivity contribution is -0.138. The quantitative estimate of drug-likeness (QED) is 0.383. The molecule has 3 aromatic rings. The molecule has 35 heavy (non-hydrogen) atoms. The maximum atomic E-state index is 13.7. The molecule has 3 aromatic carbocycles. The minimum Gasteiger partial charge on any atom is -0.378 e. The molecule has 0 spiro atoms. The molecule has 1 aliphatic heterocycles. The summed E-state index contributed by atoms with van der Waals surface area (Å²) in [5, 5.41) is 3.29. The zero-order chi connectivity index (χ0) is 25.0. The van der Waals surface area contributed by atoms with Crippen LogP contribution in [0.3, 0.4) is 0 Å². The van der Waals surface area contributed by atoms with E-state index in [4.69, 9.17) is 0 Å². The van der Waals surface area contributed by atoms with Crippen LogP contribution in [0.25, 0.3) is 0 Å². The second-order valence-electron chi connectivity index (χ2n) is 9.29. The van der Waals surface area contributed by atoms with Crippen LogP contribution < -0.4 is 10.0 Å². The molecule has 0 bridgehead atoms. The third-order valence-corrected chi connectivity index (χ3v) is 8.10. The molecule has 1 heterocycles. The van der Waals surface area contributed by atoms with Gasteiger partial charge < -0.3 is 5.32 Å². The molecule has 0 saturated heterocycles. The second kappa shape index (κ2) is 8.45. The van der Waals surface area contributed by atoms with Crippen molar-refractivity contribution in [3.63, 3.8) is 0 Å². The lowest BCUT2D eigenvalue weighted by Gasteiger charge is -2.38. The van der Waals surface area contributed by atoms with Crippen molar-refractivity contribution >= 4 is 21.4 Å². The van der Waals surface area contributed by atoms with Crippen LogP contribution in [-0.2, 0) is 16.2 Å². The molecule has 2 aliphatic rings. The Morgan fingerprint density at radius 2 is 1.66 bits per heavy atom. The summed E-state index contributed by atoms with van der Waals surface area (Å²) in [7, 11) is -3.85. The highest BCUT2D eigenvalue weighted by Gasteiger charge is 2.42. The zero-order valence-corrected chi connectivity index (χ0v) is 20.0. The molecule has 2 N–H and O–H groups in total. The highest BCUT2D eigenvalue weighted by Crippen LogP contribution is 2.51. The van der Waals surface area contributed by atoms with E-state index in [1.807, 2.05) is 32.1 Å².